The van der Waals surface area contributed by atoms with E-state index < -0.39 is 53.7 Å². The molecule has 0 saturated heterocycles. The van der Waals surface area contributed by atoms with Gasteiger partial charge in [-0.1, -0.05) is 183 Å². The first-order valence-electron chi connectivity index (χ1n) is 34.1. The number of aliphatic carboxylic acids is 4. The number of ether oxygens (including phenoxy) is 8. The Morgan fingerprint density at radius 3 is 0.971 bits per heavy atom. The number of allylic oxidation sites excluding steroid dienone is 6. The van der Waals surface area contributed by atoms with Gasteiger partial charge in [-0.2, -0.15) is 0 Å². The van der Waals surface area contributed by atoms with E-state index in [1.54, 1.807) is 54.5 Å². The van der Waals surface area contributed by atoms with Crippen LogP contribution >= 0.6 is 45.2 Å². The van der Waals surface area contributed by atoms with Gasteiger partial charge in [0.1, 0.15) is 24.4 Å². The molecule has 0 bridgehead atoms. The molecule has 0 saturated carbocycles. The maximum Gasteiger partial charge on any atom is 2.00 e. The molecule has 0 amide bonds. The van der Waals surface area contributed by atoms with Crippen LogP contribution in [0.2, 0.25) is 0 Å². The van der Waals surface area contributed by atoms with Crippen LogP contribution in [0.15, 0.2) is 71.6 Å². The fourth-order valence-corrected chi connectivity index (χ4v) is 7.64. The predicted octanol–water partition coefficient (Wildman–Crippen LogP) is 5.14. The Balaban J connectivity index is -0.0000000562. The molecule has 602 valence electrons. The molecule has 105 heavy (non-hydrogen) atoms. The minimum atomic E-state index is -1.53. The number of hydrogen-bond donors (Lipinski definition) is 3. The summed E-state index contributed by atoms with van der Waals surface area (Å²) in [5, 5.41) is 65.1. The number of alkyl halides is 2. The maximum absolute atomic E-state index is 11.5. The molecule has 0 heterocycles. The number of aliphatic hydroxyl groups excluding tert-OH is 1. The molecule has 1 atom stereocenters. The van der Waals surface area contributed by atoms with E-state index >= 15 is 0 Å². The maximum atomic E-state index is 11.5. The van der Waals surface area contributed by atoms with Crippen LogP contribution in [0.4, 0.5) is 0 Å². The van der Waals surface area contributed by atoms with Gasteiger partial charge in [0.15, 0.2) is 0 Å². The molecule has 0 rings (SSSR count). The number of halogens is 2. The van der Waals surface area contributed by atoms with Crippen molar-refractivity contribution in [1.29, 1.82) is 0 Å². The Labute approximate surface area is 739 Å². The van der Waals surface area contributed by atoms with Crippen LogP contribution in [0.1, 0.15) is 247 Å². The topological polar surface area (TPSA) is 440 Å². The van der Waals surface area contributed by atoms with Gasteiger partial charge in [0.2, 0.25) is 0 Å². The van der Waals surface area contributed by atoms with Crippen LogP contribution in [0, 0.1) is 21.7 Å². The van der Waals surface area contributed by atoms with E-state index in [2.05, 4.69) is 41.9 Å². The quantitative estimate of drug-likeness (QED) is 0.00706. The Kier molecular flexibility index (Phi) is 127. The summed E-state index contributed by atoms with van der Waals surface area (Å²) in [7, 11) is 0. The van der Waals surface area contributed by atoms with E-state index in [9.17, 15) is 63.6 Å². The van der Waals surface area contributed by atoms with E-state index in [0.29, 0.717) is 74.4 Å². The minimum absolute atomic E-state index is 0. The zero-order valence-corrected chi connectivity index (χ0v) is 80.5. The first-order valence-corrected chi connectivity index (χ1v) is 35.7. The number of carbonyl (C=O) groups is 9. The molecule has 0 spiro atoms. The number of carboxylic acid groups (broad SMARTS) is 4. The van der Waals surface area contributed by atoms with Crippen molar-refractivity contribution in [2.24, 2.45) is 21.7 Å². The van der Waals surface area contributed by atoms with Gasteiger partial charge in [0.05, 0.1) is 62.6 Å². The third-order valence-corrected chi connectivity index (χ3v) is 10.5. The number of rotatable bonds is 35. The van der Waals surface area contributed by atoms with Crippen LogP contribution in [-0.2, 0) is 81.0 Å². The molecule has 0 fully saturated rings. The molecule has 0 aliphatic heterocycles. The first kappa shape index (κ1) is 138. The molecule has 26 nitrogen and oxygen atoms in total. The van der Waals surface area contributed by atoms with Gasteiger partial charge < -0.3 is 94.2 Å². The van der Waals surface area contributed by atoms with Crippen molar-refractivity contribution < 1.29 is 190 Å². The van der Waals surface area contributed by atoms with Crippen molar-refractivity contribution in [2.75, 3.05) is 62.7 Å². The summed E-state index contributed by atoms with van der Waals surface area (Å²) in [5.41, 5.74) is 1.71. The molecule has 0 aromatic carbocycles. The van der Waals surface area contributed by atoms with E-state index in [0.717, 1.165) is 36.8 Å². The smallest absolute Gasteiger partial charge is 0.870 e. The molecule has 0 aromatic rings. The number of aliphatic hydroxyl groups is 1. The van der Waals surface area contributed by atoms with Crippen molar-refractivity contribution in [3.8, 4) is 0 Å². The monoisotopic (exact) mass is 1780 g/mol. The van der Waals surface area contributed by atoms with Crippen molar-refractivity contribution in [2.45, 2.75) is 256 Å². The molecular weight excluding hydrogens is 1640 g/mol. The van der Waals surface area contributed by atoms with Crippen molar-refractivity contribution >= 4 is 145 Å². The number of carboxylic acids is 4. The van der Waals surface area contributed by atoms with Crippen molar-refractivity contribution in [1.82, 2.24) is 0 Å². The van der Waals surface area contributed by atoms with Gasteiger partial charge in [0.25, 0.3) is 5.97 Å². The summed E-state index contributed by atoms with van der Waals surface area (Å²) < 4.78 is 50.7. The first-order chi connectivity index (χ1) is 46.4. The fraction of sp³-hybridized carbons (Fsp3) is 0.712. The average Bonchev–Trinajstić information content (AvgIpc) is 0.926. The number of hydrogen-bond acceptors (Lipinski definition) is 24. The number of Topliss-reactive ketones (excluding diaryl/α,β-unsaturated/α-hetero) is 2. The summed E-state index contributed by atoms with van der Waals surface area (Å²) in [6.07, 6.45) is 16.6. The summed E-state index contributed by atoms with van der Waals surface area (Å²) in [4.78, 5) is 96.4. The minimum Gasteiger partial charge on any atom is -0.870 e. The van der Waals surface area contributed by atoms with Gasteiger partial charge in [-0.3, -0.25) is 28.8 Å². The standard InChI is InChI=1S/C12H22O3.C12H20O3.C8H18O3.C8H16O2.C8H14O2.C7H12O2.C6H12O.2C5H8O4.2CH3I.2Mg.2Na.2H2O/c2*1-5-7-12(3,4)9-10(13)8-11(14)15-6-2;1-5-9-8(4,10-6-2)11-7-3;2*1-4-5-8(2,3)6-7(9)10;1-4-9-7(8)5-6(2)3;1-5(2)4-6(3)7;2*1-2-9-5(8)3-4(6)7;2*1-2;;;;;;/h5-9H2,1-4H3;5,7H,6,8-9H2,1-4H3;5-7H2,1-4H3;4-6H2,1-3H3,(H,9,10);4-5H,6H2,1-3H3,(H,9,10);5H,4H2,1-3H3;4,6-7H,1-3H3;2*3,8H,2H2,1H3,(H,6,7);2*1H3;;;;;2*1H2/q;;;;;;;;;;;2*+2;2*+1;;/p-6/b;7-5+;;;5-4+;;;;;;;;;;;;/i;;;;;;;;;2*1D;;;;;;. The second kappa shape index (κ2) is 96.2. The Hall–Kier alpha value is -1.98. The second-order valence-electron chi connectivity index (χ2n) is 23.9. The Morgan fingerprint density at radius 2 is 0.752 bits per heavy atom. The van der Waals surface area contributed by atoms with Gasteiger partial charge in [-0.15, -0.1) is 0 Å². The molecule has 0 aliphatic rings. The van der Waals surface area contributed by atoms with Gasteiger partial charge >= 0.3 is 135 Å². The molecule has 32 heteroatoms. The van der Waals surface area contributed by atoms with Gasteiger partial charge in [-0.25, -0.2) is 4.79 Å². The third kappa shape index (κ3) is 141. The molecule has 0 aliphatic carbocycles. The Morgan fingerprint density at radius 1 is 0.467 bits per heavy atom. The van der Waals surface area contributed by atoms with Gasteiger partial charge in [-0.05, 0) is 160 Å². The van der Waals surface area contributed by atoms with Crippen molar-refractivity contribution in [3.05, 3.63) is 71.6 Å². The van der Waals surface area contributed by atoms with Crippen LogP contribution < -0.4 is 79.5 Å². The van der Waals surface area contributed by atoms with Crippen molar-refractivity contribution in [3.63, 3.8) is 0 Å². The molecule has 0 aromatic heterocycles. The normalized spacial score (nSPS) is 10.6. The summed E-state index contributed by atoms with van der Waals surface area (Å²) in [5.74, 6) is -8.30. The molecular formula is C73H134I2Mg2Na2O26. The predicted molar refractivity (Wildman–Crippen MR) is 416 cm³/mol. The molecule has 0 radical (unpaired) electrons. The SMILES string of the molecule is C/C=C/C(C)(C)CC(=O)CC(=O)OCC.C/C=C/C(C)(C)CC(=O)O.CC(C)=CC(C)O.CCCC(C)(C)CC(=O)CC(=O)OCC.CCCC(C)(C)CC(=O)O.CCOC(=O)C=C(C)C.CCOC(C)(OCC)OCC.CCOC([O-])=CC(=O)[O-].CCOC([O-])=CC(=O)[O-].[2H]CI.[2H]CI.[Mg+2].[Mg+2].[Na+].[Na+].[OH-].[OH-]. The second-order valence-corrected chi connectivity index (χ2v) is 23.9. The largest absolute Gasteiger partial charge is 2.00 e. The molecule has 5 N–H and O–H groups in total. The summed E-state index contributed by atoms with van der Waals surface area (Å²) >= 11 is 3.91. The Bertz CT molecular complexity index is 2280. The zero-order chi connectivity index (χ0) is 82.0. The molecule has 1 unspecified atom stereocenters. The fourth-order valence-electron chi connectivity index (χ4n) is 7.64. The zero-order valence-electron chi connectivity index (χ0n) is 71.3. The van der Waals surface area contributed by atoms with E-state index in [-0.39, 0.29) is 200 Å². The van der Waals surface area contributed by atoms with E-state index in [4.69, 9.17) is 41.7 Å². The number of ketones is 2. The summed E-state index contributed by atoms with van der Waals surface area (Å²) in [6.45, 7) is 52.4. The van der Waals surface area contributed by atoms with Gasteiger partial charge in [0, 0.05) is 48.4 Å². The van der Waals surface area contributed by atoms with Crippen LogP contribution in [-0.4, -0.2) is 200 Å². The van der Waals surface area contributed by atoms with E-state index in [1.807, 2.05) is 173 Å². The average molecular weight is 1780 g/mol. The third-order valence-electron chi connectivity index (χ3n) is 10.5. The van der Waals surface area contributed by atoms with E-state index in [1.165, 1.54) is 6.08 Å². The summed E-state index contributed by atoms with van der Waals surface area (Å²) in [6, 6.07) is 0. The van der Waals surface area contributed by atoms with Crippen LogP contribution in [0.25, 0.3) is 0 Å². The number of esters is 3. The van der Waals surface area contributed by atoms with Crippen LogP contribution in [0.5, 0.6) is 0 Å². The number of carbonyl (C=O) groups excluding carboxylic acids is 7. The van der Waals surface area contributed by atoms with Crippen LogP contribution in [0.3, 0.4) is 0 Å².